The molecule has 2 heterocycles. The molecule has 1 aliphatic heterocycles. The molecule has 4 rings (SSSR count). The second-order valence-corrected chi connectivity index (χ2v) is 7.81. The van der Waals surface area contributed by atoms with Crippen LogP contribution in [0, 0.1) is 0 Å². The van der Waals surface area contributed by atoms with Crippen molar-refractivity contribution in [2.75, 3.05) is 38.2 Å². The van der Waals surface area contributed by atoms with E-state index in [1.165, 1.54) is 4.80 Å². The molecule has 8 nitrogen and oxygen atoms in total. The van der Waals surface area contributed by atoms with Crippen molar-refractivity contribution >= 4 is 23.2 Å². The van der Waals surface area contributed by atoms with E-state index in [4.69, 9.17) is 16.3 Å². The summed E-state index contributed by atoms with van der Waals surface area (Å²) in [5.41, 5.74) is 1.94. The highest BCUT2D eigenvalue weighted by atomic mass is 35.5. The highest BCUT2D eigenvalue weighted by Gasteiger charge is 2.29. The molecule has 1 amide bonds. The topological polar surface area (TPSA) is 76.4 Å². The van der Waals surface area contributed by atoms with Crippen LogP contribution in [0.1, 0.15) is 19.4 Å². The lowest BCUT2D eigenvalue weighted by atomic mass is 10.1. The first-order chi connectivity index (χ1) is 15.1. The molecule has 0 N–H and O–H groups in total. The smallest absolute Gasteiger partial charge is 0.249 e. The number of methoxy groups -OCH3 is 1. The molecule has 1 aromatic heterocycles. The van der Waals surface area contributed by atoms with Gasteiger partial charge < -0.3 is 14.5 Å². The molecule has 2 aromatic carbocycles. The second-order valence-electron chi connectivity index (χ2n) is 7.37. The summed E-state index contributed by atoms with van der Waals surface area (Å²) in [7, 11) is 1.66. The quantitative estimate of drug-likeness (QED) is 0.585. The Bertz CT molecular complexity index is 1010. The number of ether oxygens (including phenoxy) is 1. The lowest BCUT2D eigenvalue weighted by Crippen LogP contribution is -2.50. The molecule has 0 radical (unpaired) electrons. The first-order valence-corrected chi connectivity index (χ1v) is 10.7. The summed E-state index contributed by atoms with van der Waals surface area (Å²) in [6.07, 6.45) is 0.591. The number of nitrogens with zero attached hydrogens (tertiary/aromatic N) is 6. The van der Waals surface area contributed by atoms with Gasteiger partial charge in [-0.15, -0.1) is 10.2 Å². The summed E-state index contributed by atoms with van der Waals surface area (Å²) < 4.78 is 5.22. The first-order valence-electron chi connectivity index (χ1n) is 10.3. The number of tetrazole rings is 1. The van der Waals surface area contributed by atoms with E-state index in [2.05, 4.69) is 20.3 Å². The summed E-state index contributed by atoms with van der Waals surface area (Å²) in [5, 5.41) is 13.4. The Morgan fingerprint density at radius 1 is 1.06 bits per heavy atom. The van der Waals surface area contributed by atoms with E-state index in [-0.39, 0.29) is 5.91 Å². The van der Waals surface area contributed by atoms with Gasteiger partial charge in [0.1, 0.15) is 5.75 Å². The zero-order valence-electron chi connectivity index (χ0n) is 17.6. The predicted molar refractivity (Wildman–Crippen MR) is 119 cm³/mol. The first kappa shape index (κ1) is 21.1. The molecule has 1 saturated heterocycles. The van der Waals surface area contributed by atoms with Crippen molar-refractivity contribution in [2.24, 2.45) is 0 Å². The van der Waals surface area contributed by atoms with E-state index < -0.39 is 6.04 Å². The van der Waals surface area contributed by atoms with Crippen LogP contribution in [0.4, 0.5) is 5.69 Å². The number of hydrogen-bond acceptors (Lipinski definition) is 6. The number of halogens is 1. The van der Waals surface area contributed by atoms with Crippen LogP contribution < -0.4 is 9.64 Å². The molecule has 9 heteroatoms. The average Bonchev–Trinajstić information content (AvgIpc) is 3.30. The number of amides is 1. The van der Waals surface area contributed by atoms with E-state index in [9.17, 15) is 4.79 Å². The third-order valence-electron chi connectivity index (χ3n) is 5.51. The van der Waals surface area contributed by atoms with Gasteiger partial charge in [0.15, 0.2) is 6.04 Å². The van der Waals surface area contributed by atoms with Crippen molar-refractivity contribution in [3.8, 4) is 17.1 Å². The number of carbonyl (C=O) groups is 1. The lowest BCUT2D eigenvalue weighted by Gasteiger charge is -2.37. The average molecular weight is 441 g/mol. The number of piperazine rings is 1. The molecule has 31 heavy (non-hydrogen) atoms. The molecular weight excluding hydrogens is 416 g/mol. The van der Waals surface area contributed by atoms with Crippen LogP contribution in [0.3, 0.4) is 0 Å². The fourth-order valence-corrected chi connectivity index (χ4v) is 3.82. The third kappa shape index (κ3) is 4.64. The minimum Gasteiger partial charge on any atom is -0.497 e. The maximum atomic E-state index is 13.2. The molecule has 0 aliphatic carbocycles. The highest BCUT2D eigenvalue weighted by Crippen LogP contribution is 2.23. The van der Waals surface area contributed by atoms with Crippen LogP contribution in [0.2, 0.25) is 5.02 Å². The van der Waals surface area contributed by atoms with Crippen LogP contribution >= 0.6 is 11.6 Å². The van der Waals surface area contributed by atoms with Gasteiger partial charge in [-0.2, -0.15) is 4.80 Å². The number of hydrogen-bond donors (Lipinski definition) is 0. The Hall–Kier alpha value is -3.13. The Kier molecular flexibility index (Phi) is 6.36. The molecule has 1 atom stereocenters. The van der Waals surface area contributed by atoms with Crippen LogP contribution in [0.5, 0.6) is 5.75 Å². The van der Waals surface area contributed by atoms with Crippen LogP contribution in [0.25, 0.3) is 11.4 Å². The largest absolute Gasteiger partial charge is 0.497 e. The Morgan fingerprint density at radius 3 is 2.35 bits per heavy atom. The molecule has 0 spiro atoms. The minimum atomic E-state index is -0.471. The molecule has 1 fully saturated rings. The zero-order chi connectivity index (χ0) is 21.8. The monoisotopic (exact) mass is 440 g/mol. The van der Waals surface area contributed by atoms with Gasteiger partial charge >= 0.3 is 0 Å². The minimum absolute atomic E-state index is 0.0249. The highest BCUT2D eigenvalue weighted by molar-refractivity contribution is 6.30. The molecule has 0 saturated carbocycles. The summed E-state index contributed by atoms with van der Waals surface area (Å²) in [5.74, 6) is 1.34. The van der Waals surface area contributed by atoms with Gasteiger partial charge in [0.2, 0.25) is 11.7 Å². The Labute approximate surface area is 186 Å². The number of anilines is 1. The van der Waals surface area contributed by atoms with Gasteiger partial charge in [-0.25, -0.2) is 0 Å². The van der Waals surface area contributed by atoms with Crippen LogP contribution in [0.15, 0.2) is 48.5 Å². The fraction of sp³-hybridized carbons (Fsp3) is 0.364. The molecule has 1 unspecified atom stereocenters. The summed E-state index contributed by atoms with van der Waals surface area (Å²) in [6, 6.07) is 14.8. The van der Waals surface area contributed by atoms with Gasteiger partial charge in [0.25, 0.3) is 0 Å². The van der Waals surface area contributed by atoms with Crippen molar-refractivity contribution in [1.82, 2.24) is 25.1 Å². The van der Waals surface area contributed by atoms with Crippen molar-refractivity contribution in [2.45, 2.75) is 19.4 Å². The summed E-state index contributed by atoms with van der Waals surface area (Å²) >= 11 is 5.95. The van der Waals surface area contributed by atoms with Gasteiger partial charge in [-0.05, 0) is 60.2 Å². The van der Waals surface area contributed by atoms with Gasteiger partial charge in [-0.3, -0.25) is 4.79 Å². The van der Waals surface area contributed by atoms with E-state index in [0.717, 1.165) is 30.1 Å². The van der Waals surface area contributed by atoms with Crippen LogP contribution in [-0.2, 0) is 4.79 Å². The standard InChI is InChI=1S/C22H25ClN6O2/c1-3-20(29-25-21(24-26-29)16-4-6-17(23)7-5-16)22(30)28-14-12-27(13-15-28)18-8-10-19(31-2)11-9-18/h4-11,20H,3,12-15H2,1-2H3. The fourth-order valence-electron chi connectivity index (χ4n) is 3.70. The van der Waals surface area contributed by atoms with E-state index in [1.807, 2.05) is 48.2 Å². The lowest BCUT2D eigenvalue weighted by molar-refractivity contribution is -0.135. The number of benzene rings is 2. The molecule has 3 aromatic rings. The summed E-state index contributed by atoms with van der Waals surface area (Å²) in [6.45, 7) is 4.81. The Balaban J connectivity index is 1.41. The Morgan fingerprint density at radius 2 is 1.74 bits per heavy atom. The van der Waals surface area contributed by atoms with Crippen LogP contribution in [-0.4, -0.2) is 64.3 Å². The van der Waals surface area contributed by atoms with Gasteiger partial charge in [0, 0.05) is 42.5 Å². The third-order valence-corrected chi connectivity index (χ3v) is 5.76. The van der Waals surface area contributed by atoms with Crippen molar-refractivity contribution in [3.05, 3.63) is 53.6 Å². The molecule has 1 aliphatic rings. The molecule has 162 valence electrons. The van der Waals surface area contributed by atoms with Crippen molar-refractivity contribution in [1.29, 1.82) is 0 Å². The maximum absolute atomic E-state index is 13.2. The zero-order valence-corrected chi connectivity index (χ0v) is 18.4. The molecular formula is C22H25ClN6O2. The van der Waals surface area contributed by atoms with E-state index in [1.54, 1.807) is 19.2 Å². The number of rotatable bonds is 6. The van der Waals surface area contributed by atoms with Crippen molar-refractivity contribution < 1.29 is 9.53 Å². The van der Waals surface area contributed by atoms with Crippen molar-refractivity contribution in [3.63, 3.8) is 0 Å². The molecule has 0 bridgehead atoms. The van der Waals surface area contributed by atoms with E-state index >= 15 is 0 Å². The normalized spacial score (nSPS) is 15.1. The number of aromatic nitrogens is 4. The second kappa shape index (κ2) is 9.34. The van der Waals surface area contributed by atoms with E-state index in [0.29, 0.717) is 30.4 Å². The number of carbonyl (C=O) groups excluding carboxylic acids is 1. The maximum Gasteiger partial charge on any atom is 0.249 e. The SMILES string of the molecule is CCC(C(=O)N1CCN(c2ccc(OC)cc2)CC1)n1nnc(-c2ccc(Cl)cc2)n1. The predicted octanol–water partition coefficient (Wildman–Crippen LogP) is 3.30. The van der Waals surface area contributed by atoms with Gasteiger partial charge in [-0.1, -0.05) is 18.5 Å². The summed E-state index contributed by atoms with van der Waals surface area (Å²) in [4.78, 5) is 18.8. The van der Waals surface area contributed by atoms with Gasteiger partial charge in [0.05, 0.1) is 7.11 Å².